The summed E-state index contributed by atoms with van der Waals surface area (Å²) in [5, 5.41) is 16.4. The maximum Gasteiger partial charge on any atom is 0.266 e. The van der Waals surface area contributed by atoms with Crippen LogP contribution < -0.4 is 15.6 Å². The third-order valence-corrected chi connectivity index (χ3v) is 9.03. The average Bonchev–Trinajstić information content (AvgIpc) is 3.63. The third-order valence-electron chi connectivity index (χ3n) is 7.90. The number of rotatable bonds is 7. The Morgan fingerprint density at radius 2 is 1.89 bits per heavy atom. The highest BCUT2D eigenvalue weighted by Crippen LogP contribution is 2.33. The minimum atomic E-state index is -0.359. The summed E-state index contributed by atoms with van der Waals surface area (Å²) in [5.74, 6) is 0.295. The van der Waals surface area contributed by atoms with Crippen molar-refractivity contribution < 1.29 is 9.53 Å². The summed E-state index contributed by atoms with van der Waals surface area (Å²) in [6, 6.07) is 16.7. The van der Waals surface area contributed by atoms with Crippen molar-refractivity contribution >= 4 is 34.9 Å². The number of hydrogen-bond acceptors (Lipinski definition) is 7. The fraction of sp³-hybridized carbons (Fsp3) is 0.294. The second-order valence-electron chi connectivity index (χ2n) is 11.3. The van der Waals surface area contributed by atoms with E-state index >= 15 is 0 Å². The van der Waals surface area contributed by atoms with Crippen molar-refractivity contribution in [2.24, 2.45) is 0 Å². The van der Waals surface area contributed by atoms with Crippen molar-refractivity contribution in [3.05, 3.63) is 91.7 Å². The van der Waals surface area contributed by atoms with Crippen LogP contribution in [0.2, 0.25) is 5.02 Å². The number of benzene rings is 2. The summed E-state index contributed by atoms with van der Waals surface area (Å²) in [5.41, 5.74) is 4.03. The van der Waals surface area contributed by atoms with Gasteiger partial charge in [-0.2, -0.15) is 5.26 Å². The Bertz CT molecular complexity index is 1860. The smallest absolute Gasteiger partial charge is 0.266 e. The Morgan fingerprint density at radius 1 is 1.16 bits per heavy atom. The number of likely N-dealkylation sites (tertiary alicyclic amines) is 1. The number of fused-ring (bicyclic) bond motifs is 2. The van der Waals surface area contributed by atoms with Gasteiger partial charge in [0.1, 0.15) is 10.8 Å². The first kappa shape index (κ1) is 29.8. The van der Waals surface area contributed by atoms with Gasteiger partial charge in [-0.3, -0.25) is 14.2 Å². The fourth-order valence-electron chi connectivity index (χ4n) is 5.93. The lowest BCUT2D eigenvalue weighted by atomic mass is 10.0. The van der Waals surface area contributed by atoms with Crippen LogP contribution in [0.15, 0.2) is 64.3 Å². The van der Waals surface area contributed by atoms with Crippen LogP contribution in [0.3, 0.4) is 0 Å². The Labute approximate surface area is 265 Å². The van der Waals surface area contributed by atoms with Gasteiger partial charge in [0.2, 0.25) is 0 Å². The zero-order valence-corrected chi connectivity index (χ0v) is 26.3. The Hall–Kier alpha value is -4.23. The number of amides is 1. The number of nitriles is 1. The monoisotopic (exact) mass is 625 g/mol. The van der Waals surface area contributed by atoms with Crippen molar-refractivity contribution in [2.45, 2.75) is 45.7 Å². The molecule has 44 heavy (non-hydrogen) atoms. The molecule has 224 valence electrons. The second kappa shape index (κ2) is 12.4. The predicted octanol–water partition coefficient (Wildman–Crippen LogP) is 6.55. The van der Waals surface area contributed by atoms with Crippen LogP contribution in [0.1, 0.15) is 55.2 Å². The topological polar surface area (TPSA) is 100 Å². The van der Waals surface area contributed by atoms with E-state index in [1.54, 1.807) is 36.4 Å². The number of carbonyl (C=O) groups is 1. The maximum absolute atomic E-state index is 14.6. The molecule has 2 atom stereocenters. The zero-order chi connectivity index (χ0) is 31.0. The fourth-order valence-corrected chi connectivity index (χ4v) is 6.90. The van der Waals surface area contributed by atoms with E-state index < -0.39 is 0 Å². The third kappa shape index (κ3) is 5.81. The first-order valence-electron chi connectivity index (χ1n) is 14.6. The maximum atomic E-state index is 14.6. The van der Waals surface area contributed by atoms with E-state index in [0.717, 1.165) is 24.0 Å². The lowest BCUT2D eigenvalue weighted by Gasteiger charge is -2.33. The highest BCUT2D eigenvalue weighted by atomic mass is 35.5. The van der Waals surface area contributed by atoms with Crippen LogP contribution in [-0.4, -0.2) is 52.1 Å². The number of hydrogen-bond donors (Lipinski definition) is 1. The number of carbonyl (C=O) groups excluding carboxylic acids is 1. The molecule has 4 heterocycles. The number of halogens is 1. The molecule has 8 nitrogen and oxygen atoms in total. The number of pyridine rings is 1. The lowest BCUT2D eigenvalue weighted by Crippen LogP contribution is -2.53. The van der Waals surface area contributed by atoms with Crippen LogP contribution in [0.25, 0.3) is 33.6 Å². The van der Waals surface area contributed by atoms with Crippen LogP contribution in [0.5, 0.6) is 5.75 Å². The molecular formula is C34H32ClN5O3S. The van der Waals surface area contributed by atoms with Gasteiger partial charge in [0, 0.05) is 41.1 Å². The van der Waals surface area contributed by atoms with Crippen LogP contribution in [0.4, 0.5) is 0 Å². The van der Waals surface area contributed by atoms with E-state index in [2.05, 4.69) is 11.4 Å². The van der Waals surface area contributed by atoms with Crippen LogP contribution in [-0.2, 0) is 0 Å². The standard InChI is InChI=1S/C34H32ClN5O3S/c1-4-43-31-12-5-21(16-36)14-30(31)40-29(13-20(2)3)26(33(41)39-17-24-10-11-25(18-39)37-24)15-27(34(40)42)32-38-28(19-44-32)22-6-8-23(35)9-7-22/h5-9,12-15,19,24-25,37H,4,10-11,17-18H2,1-3H3. The summed E-state index contributed by atoms with van der Waals surface area (Å²) < 4.78 is 7.47. The van der Waals surface area contributed by atoms with Gasteiger partial charge < -0.3 is 15.0 Å². The van der Waals surface area contributed by atoms with E-state index in [4.69, 9.17) is 21.3 Å². The summed E-state index contributed by atoms with van der Waals surface area (Å²) in [6.07, 6.45) is 3.92. The number of ether oxygens (including phenoxy) is 1. The summed E-state index contributed by atoms with van der Waals surface area (Å²) in [7, 11) is 0. The van der Waals surface area contributed by atoms with Crippen molar-refractivity contribution in [2.75, 3.05) is 19.7 Å². The number of piperazine rings is 1. The molecule has 2 bridgehead atoms. The lowest BCUT2D eigenvalue weighted by molar-refractivity contribution is 0.0696. The number of allylic oxidation sites excluding steroid dienone is 1. The molecule has 1 N–H and O–H groups in total. The van der Waals surface area contributed by atoms with Crippen LogP contribution in [0, 0.1) is 11.3 Å². The minimum Gasteiger partial charge on any atom is -0.492 e. The Morgan fingerprint density at radius 3 is 2.55 bits per heavy atom. The van der Waals surface area contributed by atoms with Gasteiger partial charge in [-0.1, -0.05) is 29.3 Å². The second-order valence-corrected chi connectivity index (χ2v) is 12.6. The molecule has 0 radical (unpaired) electrons. The van der Waals surface area contributed by atoms with Crippen molar-refractivity contribution in [3.63, 3.8) is 0 Å². The quantitative estimate of drug-likeness (QED) is 0.250. The van der Waals surface area contributed by atoms with Crippen molar-refractivity contribution in [1.29, 1.82) is 5.26 Å². The normalized spacial score (nSPS) is 17.3. The minimum absolute atomic E-state index is 0.144. The van der Waals surface area contributed by atoms with E-state index in [-0.39, 0.29) is 23.6 Å². The Balaban J connectivity index is 1.61. The first-order valence-corrected chi connectivity index (χ1v) is 15.9. The summed E-state index contributed by atoms with van der Waals surface area (Å²) in [4.78, 5) is 35.8. The first-order chi connectivity index (χ1) is 21.2. The largest absolute Gasteiger partial charge is 0.492 e. The van der Waals surface area contributed by atoms with Gasteiger partial charge in [-0.15, -0.1) is 11.3 Å². The summed E-state index contributed by atoms with van der Waals surface area (Å²) in [6.45, 7) is 7.28. The number of nitrogens with zero attached hydrogens (tertiary/aromatic N) is 4. The van der Waals surface area contributed by atoms with Crippen molar-refractivity contribution in [3.8, 4) is 39.3 Å². The van der Waals surface area contributed by atoms with Crippen LogP contribution >= 0.6 is 22.9 Å². The number of aromatic nitrogens is 2. The van der Waals surface area contributed by atoms with Gasteiger partial charge in [-0.05, 0) is 76.1 Å². The molecule has 2 aliphatic heterocycles. The molecule has 0 spiro atoms. The predicted molar refractivity (Wildman–Crippen MR) is 175 cm³/mol. The van der Waals surface area contributed by atoms with E-state index in [1.165, 1.54) is 15.9 Å². The molecule has 1 amide bonds. The summed E-state index contributed by atoms with van der Waals surface area (Å²) >= 11 is 7.44. The molecule has 2 aromatic heterocycles. The van der Waals surface area contributed by atoms with Gasteiger partial charge >= 0.3 is 0 Å². The molecule has 0 aliphatic carbocycles. The zero-order valence-electron chi connectivity index (χ0n) is 24.8. The Kier molecular flexibility index (Phi) is 8.41. The average molecular weight is 626 g/mol. The SMILES string of the molecule is CCOc1ccc(C#N)cc1-n1c(C=C(C)C)c(C(=O)N2CC3CCC(C2)N3)cc(-c2nc(-c3ccc(Cl)cc3)cs2)c1=O. The molecular weight excluding hydrogens is 594 g/mol. The van der Waals surface area contributed by atoms with Gasteiger partial charge in [-0.25, -0.2) is 4.98 Å². The molecule has 2 aromatic carbocycles. The molecule has 0 saturated carbocycles. The highest BCUT2D eigenvalue weighted by Gasteiger charge is 2.36. The highest BCUT2D eigenvalue weighted by molar-refractivity contribution is 7.13. The van der Waals surface area contributed by atoms with E-state index in [9.17, 15) is 14.9 Å². The van der Waals surface area contributed by atoms with Crippen molar-refractivity contribution in [1.82, 2.24) is 19.8 Å². The number of nitrogens with one attached hydrogen (secondary N) is 1. The molecule has 4 aromatic rings. The molecule has 6 rings (SSSR count). The van der Waals surface area contributed by atoms with Gasteiger partial charge in [0.05, 0.1) is 46.4 Å². The van der Waals surface area contributed by atoms with E-state index in [1.807, 2.05) is 49.3 Å². The molecule has 2 saturated heterocycles. The molecule has 10 heteroatoms. The molecule has 2 unspecified atom stereocenters. The molecule has 2 fully saturated rings. The van der Waals surface area contributed by atoms with E-state index in [0.29, 0.717) is 69.2 Å². The van der Waals surface area contributed by atoms with Gasteiger partial charge in [0.15, 0.2) is 0 Å². The van der Waals surface area contributed by atoms with Gasteiger partial charge in [0.25, 0.3) is 11.5 Å². The molecule has 2 aliphatic rings. The number of thiazole rings is 1.